The largest absolute Gasteiger partial charge is 0.468 e. The van der Waals surface area contributed by atoms with Gasteiger partial charge in [0.05, 0.1) is 5.76 Å². The van der Waals surface area contributed by atoms with E-state index >= 15 is 0 Å². The first kappa shape index (κ1) is 4.65. The van der Waals surface area contributed by atoms with Crippen LogP contribution in [0.1, 0.15) is 6.92 Å². The van der Waals surface area contributed by atoms with Gasteiger partial charge in [-0.2, -0.15) is 0 Å². The van der Waals surface area contributed by atoms with Gasteiger partial charge >= 0.3 is 0 Å². The molecule has 0 radical (unpaired) electrons. The molecule has 40 valence electrons. The number of ether oxygens (including phenoxy) is 2. The van der Waals surface area contributed by atoms with Gasteiger partial charge in [-0.1, -0.05) is 6.58 Å². The third-order valence-corrected chi connectivity index (χ3v) is 0.635. The zero-order valence-corrected chi connectivity index (χ0v) is 4.31. The second-order valence-corrected chi connectivity index (χ2v) is 1.58. The van der Waals surface area contributed by atoms with Gasteiger partial charge in [0.15, 0.2) is 0 Å². The summed E-state index contributed by atoms with van der Waals surface area (Å²) in [5.74, 6) is 0.725. The molecule has 2 heteroatoms. The molecule has 0 bridgehead atoms. The van der Waals surface area contributed by atoms with Crippen molar-refractivity contribution >= 4 is 0 Å². The van der Waals surface area contributed by atoms with E-state index in [1.165, 1.54) is 0 Å². The molecule has 0 aromatic heterocycles. The molecule has 1 aliphatic rings. The minimum absolute atomic E-state index is 0.0255. The van der Waals surface area contributed by atoms with Gasteiger partial charge in [-0.05, 0) is 6.92 Å². The molecule has 1 fully saturated rings. The zero-order chi connectivity index (χ0) is 5.28. The highest BCUT2D eigenvalue weighted by Gasteiger charge is 2.23. The Morgan fingerprint density at radius 3 is 2.71 bits per heavy atom. The standard InChI is InChI=1S/C5H8O2/c1-4(2)7-5-3-6-5/h5H,1,3H2,2H3. The molecule has 0 aromatic carbocycles. The van der Waals surface area contributed by atoms with E-state index in [0.29, 0.717) is 0 Å². The van der Waals surface area contributed by atoms with Gasteiger partial charge in [0.2, 0.25) is 6.29 Å². The molecule has 0 spiro atoms. The zero-order valence-electron chi connectivity index (χ0n) is 4.31. The maximum absolute atomic E-state index is 4.94. The maximum atomic E-state index is 4.94. The molecule has 1 saturated heterocycles. The van der Waals surface area contributed by atoms with E-state index in [2.05, 4.69) is 6.58 Å². The summed E-state index contributed by atoms with van der Waals surface area (Å²) in [5, 5.41) is 0. The lowest BCUT2D eigenvalue weighted by Crippen LogP contribution is -1.89. The van der Waals surface area contributed by atoms with Crippen LogP contribution in [0.15, 0.2) is 12.3 Å². The van der Waals surface area contributed by atoms with Crippen molar-refractivity contribution in [3.05, 3.63) is 12.3 Å². The summed E-state index contributed by atoms with van der Waals surface area (Å²) >= 11 is 0. The van der Waals surface area contributed by atoms with E-state index < -0.39 is 0 Å². The number of hydrogen-bond donors (Lipinski definition) is 0. The Hall–Kier alpha value is -0.500. The molecule has 0 saturated carbocycles. The highest BCUT2D eigenvalue weighted by Crippen LogP contribution is 2.12. The molecule has 0 aliphatic carbocycles. The molecule has 1 aliphatic heterocycles. The molecule has 2 nitrogen and oxygen atoms in total. The van der Waals surface area contributed by atoms with Crippen molar-refractivity contribution in [2.75, 3.05) is 6.61 Å². The Morgan fingerprint density at radius 1 is 2.00 bits per heavy atom. The van der Waals surface area contributed by atoms with Gasteiger partial charge in [0.1, 0.15) is 6.61 Å². The minimum Gasteiger partial charge on any atom is -0.468 e. The fourth-order valence-electron chi connectivity index (χ4n) is 0.332. The first-order valence-corrected chi connectivity index (χ1v) is 2.23. The van der Waals surface area contributed by atoms with Gasteiger partial charge in [0.25, 0.3) is 0 Å². The molecule has 0 N–H and O–H groups in total. The highest BCUT2D eigenvalue weighted by atomic mass is 16.8. The molecule has 0 amide bonds. The molecule has 7 heavy (non-hydrogen) atoms. The van der Waals surface area contributed by atoms with E-state index in [0.717, 1.165) is 12.4 Å². The summed E-state index contributed by atoms with van der Waals surface area (Å²) in [6.45, 7) is 6.07. The summed E-state index contributed by atoms with van der Waals surface area (Å²) in [4.78, 5) is 0. The molecule has 1 rings (SSSR count). The molecular formula is C5H8O2. The topological polar surface area (TPSA) is 21.8 Å². The molecule has 1 atom stereocenters. The van der Waals surface area contributed by atoms with Crippen LogP contribution in [0, 0.1) is 0 Å². The van der Waals surface area contributed by atoms with Crippen LogP contribution in [-0.2, 0) is 9.47 Å². The summed E-state index contributed by atoms with van der Waals surface area (Å²) < 4.78 is 9.68. The van der Waals surface area contributed by atoms with E-state index in [-0.39, 0.29) is 6.29 Å². The van der Waals surface area contributed by atoms with Gasteiger partial charge in [-0.25, -0.2) is 0 Å². The van der Waals surface area contributed by atoms with Crippen LogP contribution in [0.25, 0.3) is 0 Å². The average molecular weight is 100 g/mol. The fourth-order valence-corrected chi connectivity index (χ4v) is 0.332. The fraction of sp³-hybridized carbons (Fsp3) is 0.600. The van der Waals surface area contributed by atoms with Crippen LogP contribution in [0.5, 0.6) is 0 Å². The number of epoxide rings is 1. The predicted molar refractivity (Wildman–Crippen MR) is 25.6 cm³/mol. The summed E-state index contributed by atoms with van der Waals surface area (Å²) in [5.41, 5.74) is 0. The number of hydrogen-bond acceptors (Lipinski definition) is 2. The maximum Gasteiger partial charge on any atom is 0.223 e. The first-order chi connectivity index (χ1) is 3.29. The first-order valence-electron chi connectivity index (χ1n) is 2.23. The van der Waals surface area contributed by atoms with Crippen molar-refractivity contribution in [2.24, 2.45) is 0 Å². The molecule has 0 aromatic rings. The van der Waals surface area contributed by atoms with Crippen LogP contribution in [0.4, 0.5) is 0 Å². The van der Waals surface area contributed by atoms with Crippen molar-refractivity contribution < 1.29 is 9.47 Å². The lowest BCUT2D eigenvalue weighted by atomic mass is 10.6. The van der Waals surface area contributed by atoms with Crippen molar-refractivity contribution in [1.29, 1.82) is 0 Å². The van der Waals surface area contributed by atoms with Gasteiger partial charge in [-0.3, -0.25) is 0 Å². The van der Waals surface area contributed by atoms with Crippen molar-refractivity contribution in [1.82, 2.24) is 0 Å². The van der Waals surface area contributed by atoms with Gasteiger partial charge < -0.3 is 9.47 Å². The lowest BCUT2D eigenvalue weighted by molar-refractivity contribution is 0.109. The van der Waals surface area contributed by atoms with E-state index in [4.69, 9.17) is 9.47 Å². The smallest absolute Gasteiger partial charge is 0.223 e. The summed E-state index contributed by atoms with van der Waals surface area (Å²) in [6.07, 6.45) is 0.0255. The van der Waals surface area contributed by atoms with E-state index in [9.17, 15) is 0 Å². The normalized spacial score (nSPS) is 26.7. The SMILES string of the molecule is C=C(C)OC1CO1. The monoisotopic (exact) mass is 100 g/mol. The van der Waals surface area contributed by atoms with Crippen LogP contribution in [-0.4, -0.2) is 12.9 Å². The van der Waals surface area contributed by atoms with Gasteiger partial charge in [0, 0.05) is 0 Å². The Morgan fingerprint density at radius 2 is 2.57 bits per heavy atom. The van der Waals surface area contributed by atoms with Crippen LogP contribution >= 0.6 is 0 Å². The van der Waals surface area contributed by atoms with Crippen molar-refractivity contribution in [2.45, 2.75) is 13.2 Å². The van der Waals surface area contributed by atoms with Crippen molar-refractivity contribution in [3.63, 3.8) is 0 Å². The third kappa shape index (κ3) is 1.59. The van der Waals surface area contributed by atoms with Crippen LogP contribution in [0.2, 0.25) is 0 Å². The second-order valence-electron chi connectivity index (χ2n) is 1.58. The Balaban J connectivity index is 2.08. The Bertz CT molecular complexity index is 84.1. The third-order valence-electron chi connectivity index (χ3n) is 0.635. The average Bonchev–Trinajstić information content (AvgIpc) is 2.17. The summed E-state index contributed by atoms with van der Waals surface area (Å²) in [7, 11) is 0. The number of rotatable bonds is 2. The Kier molecular flexibility index (Phi) is 1.02. The second kappa shape index (κ2) is 1.54. The molecular weight excluding hydrogens is 92.1 g/mol. The molecule has 1 heterocycles. The van der Waals surface area contributed by atoms with Crippen LogP contribution < -0.4 is 0 Å². The van der Waals surface area contributed by atoms with E-state index in [1.54, 1.807) is 0 Å². The van der Waals surface area contributed by atoms with Crippen LogP contribution in [0.3, 0.4) is 0 Å². The highest BCUT2D eigenvalue weighted by molar-refractivity contribution is 4.76. The van der Waals surface area contributed by atoms with E-state index in [1.807, 2.05) is 6.92 Å². The number of allylic oxidation sites excluding steroid dienone is 1. The lowest BCUT2D eigenvalue weighted by Gasteiger charge is -1.95. The van der Waals surface area contributed by atoms with Gasteiger partial charge in [-0.15, -0.1) is 0 Å². The quantitative estimate of drug-likeness (QED) is 0.379. The summed E-state index contributed by atoms with van der Waals surface area (Å²) in [6, 6.07) is 0. The van der Waals surface area contributed by atoms with Crippen molar-refractivity contribution in [3.8, 4) is 0 Å². The molecule has 1 unspecified atom stereocenters. The predicted octanol–water partition coefficient (Wildman–Crippen LogP) is 0.893. The Labute approximate surface area is 42.7 Å². The minimum atomic E-state index is 0.0255.